The Labute approximate surface area is 205 Å². The van der Waals surface area contributed by atoms with Crippen LogP contribution in [0.25, 0.3) is 0 Å². The molecular formula is C24H38S3Si4. The van der Waals surface area contributed by atoms with Crippen LogP contribution in [-0.4, -0.2) is 27.2 Å². The van der Waals surface area contributed by atoms with E-state index >= 15 is 0 Å². The molecule has 31 heavy (non-hydrogen) atoms. The second kappa shape index (κ2) is 9.92. The molecule has 0 amide bonds. The highest BCUT2D eigenvalue weighted by molar-refractivity contribution is 8.86. The molecule has 2 aliphatic heterocycles. The minimum atomic E-state index is -1.67. The number of benzene rings is 2. The maximum absolute atomic E-state index is 2.71. The van der Waals surface area contributed by atoms with E-state index in [1.54, 1.807) is 10.4 Å². The SMILES string of the molecule is CC[Si]1(C)CCC[Si](S[Si]2(c3ccccc3)CCC[Si](C)(CC)S2)(c2ccccc2)S1. The Bertz CT molecular complexity index is 798. The molecule has 0 radical (unpaired) electrons. The van der Waals surface area contributed by atoms with Gasteiger partial charge in [0.1, 0.15) is 14.4 Å². The normalized spacial score (nSPS) is 36.3. The van der Waals surface area contributed by atoms with Crippen LogP contribution in [0.15, 0.2) is 60.7 Å². The molecule has 0 N–H and O–H groups in total. The minimum Gasteiger partial charge on any atom is -0.190 e. The molecule has 2 aliphatic rings. The molecule has 4 rings (SSSR count). The van der Waals surface area contributed by atoms with E-state index < -0.39 is 27.2 Å². The molecule has 168 valence electrons. The van der Waals surface area contributed by atoms with Gasteiger partial charge in [-0.15, -0.1) is 0 Å². The van der Waals surface area contributed by atoms with Crippen molar-refractivity contribution < 1.29 is 0 Å². The van der Waals surface area contributed by atoms with Gasteiger partial charge in [0.05, 0.1) is 0 Å². The Kier molecular flexibility index (Phi) is 7.83. The van der Waals surface area contributed by atoms with E-state index in [-0.39, 0.29) is 0 Å². The molecular weight excluding hydrogens is 497 g/mol. The van der Waals surface area contributed by atoms with Crippen molar-refractivity contribution in [2.45, 2.75) is 76.0 Å². The van der Waals surface area contributed by atoms with E-state index in [2.05, 4.69) is 120 Å². The van der Waals surface area contributed by atoms with Crippen LogP contribution in [0.5, 0.6) is 0 Å². The number of rotatable bonds is 6. The summed E-state index contributed by atoms with van der Waals surface area (Å²) in [4.78, 5) is 0. The van der Waals surface area contributed by atoms with Crippen LogP contribution in [0, 0.1) is 0 Å². The molecule has 4 atom stereocenters. The summed E-state index contributed by atoms with van der Waals surface area (Å²) in [5, 5.41) is 3.48. The van der Waals surface area contributed by atoms with Gasteiger partial charge in [0.2, 0.25) is 0 Å². The monoisotopic (exact) mass is 534 g/mol. The van der Waals surface area contributed by atoms with Gasteiger partial charge in [0.15, 0.2) is 12.7 Å². The Hall–Kier alpha value is 0.358. The van der Waals surface area contributed by atoms with Crippen LogP contribution < -0.4 is 10.4 Å². The van der Waals surface area contributed by atoms with Crippen molar-refractivity contribution in [2.24, 2.45) is 0 Å². The highest BCUT2D eigenvalue weighted by Gasteiger charge is 2.56. The lowest BCUT2D eigenvalue weighted by Gasteiger charge is -2.51. The lowest BCUT2D eigenvalue weighted by Crippen LogP contribution is -2.59. The smallest absolute Gasteiger partial charge is 0.190 e. The van der Waals surface area contributed by atoms with Crippen LogP contribution in [0.1, 0.15) is 26.7 Å². The quantitative estimate of drug-likeness (QED) is 0.346. The zero-order valence-electron chi connectivity index (χ0n) is 19.7. The largest absolute Gasteiger partial charge is 0.197 e. The number of hydrogen-bond donors (Lipinski definition) is 0. The van der Waals surface area contributed by atoms with Crippen LogP contribution in [-0.2, 0) is 0 Å². The van der Waals surface area contributed by atoms with E-state index in [0.29, 0.717) is 0 Å². The third kappa shape index (κ3) is 5.22. The van der Waals surface area contributed by atoms with E-state index in [9.17, 15) is 0 Å². The molecule has 0 spiro atoms. The van der Waals surface area contributed by atoms with Crippen molar-refractivity contribution in [1.82, 2.24) is 0 Å². The predicted molar refractivity (Wildman–Crippen MR) is 159 cm³/mol. The fourth-order valence-corrected chi connectivity index (χ4v) is 91.5. The maximum Gasteiger partial charge on any atom is 0.197 e. The zero-order valence-corrected chi connectivity index (χ0v) is 26.1. The third-order valence-corrected chi connectivity index (χ3v) is 65.0. The molecule has 2 saturated heterocycles. The Morgan fingerprint density at radius 1 is 0.645 bits per heavy atom. The summed E-state index contributed by atoms with van der Waals surface area (Å²) in [5.41, 5.74) is 0. The molecule has 0 saturated carbocycles. The molecule has 0 bridgehead atoms. The predicted octanol–water partition coefficient (Wildman–Crippen LogP) is 7.88. The van der Waals surface area contributed by atoms with Gasteiger partial charge in [0, 0.05) is 0 Å². The lowest BCUT2D eigenvalue weighted by molar-refractivity contribution is 1.03. The first-order chi connectivity index (χ1) is 14.9. The fraction of sp³-hybridized carbons (Fsp3) is 0.500. The fourth-order valence-electron chi connectivity index (χ4n) is 5.21. The van der Waals surface area contributed by atoms with E-state index in [1.807, 2.05) is 0 Å². The van der Waals surface area contributed by atoms with Crippen LogP contribution in [0.4, 0.5) is 0 Å². The van der Waals surface area contributed by atoms with E-state index in [4.69, 9.17) is 0 Å². The molecule has 0 aromatic heterocycles. The van der Waals surface area contributed by atoms with Gasteiger partial charge in [-0.2, -0.15) is 32.0 Å². The lowest BCUT2D eigenvalue weighted by atomic mass is 10.4. The van der Waals surface area contributed by atoms with Gasteiger partial charge in [0.25, 0.3) is 0 Å². The Morgan fingerprint density at radius 3 is 1.39 bits per heavy atom. The summed E-state index contributed by atoms with van der Waals surface area (Å²) >= 11 is 0. The van der Waals surface area contributed by atoms with Crippen molar-refractivity contribution in [2.75, 3.05) is 0 Å². The Balaban J connectivity index is 1.82. The average Bonchev–Trinajstić information content (AvgIpc) is 2.80. The highest BCUT2D eigenvalue weighted by atomic mass is 32.8. The van der Waals surface area contributed by atoms with Gasteiger partial charge in [-0.3, -0.25) is 0 Å². The average molecular weight is 535 g/mol. The summed E-state index contributed by atoms with van der Waals surface area (Å²) in [7, 11) is 5.45. The molecule has 0 aliphatic carbocycles. The first kappa shape index (κ1) is 24.5. The third-order valence-electron chi connectivity index (χ3n) is 7.50. The minimum absolute atomic E-state index is 1.21. The van der Waals surface area contributed by atoms with Crippen LogP contribution in [0.2, 0.25) is 49.4 Å². The molecule has 2 aromatic rings. The van der Waals surface area contributed by atoms with Crippen molar-refractivity contribution in [3.63, 3.8) is 0 Å². The highest BCUT2D eigenvalue weighted by Crippen LogP contribution is 2.58. The molecule has 2 aromatic carbocycles. The number of hydrogen-bond acceptors (Lipinski definition) is 3. The van der Waals surface area contributed by atoms with Crippen LogP contribution in [0.3, 0.4) is 0 Å². The Morgan fingerprint density at radius 2 is 1.03 bits per heavy atom. The summed E-state index contributed by atoms with van der Waals surface area (Å²) in [6.07, 6.45) is -0.397. The van der Waals surface area contributed by atoms with Crippen molar-refractivity contribution in [3.8, 4) is 0 Å². The zero-order chi connectivity index (χ0) is 22.0. The molecule has 0 nitrogen and oxygen atoms in total. The van der Waals surface area contributed by atoms with Crippen molar-refractivity contribution >= 4 is 69.5 Å². The summed E-state index contributed by atoms with van der Waals surface area (Å²) < 4.78 is 0. The molecule has 7 heteroatoms. The molecule has 2 heterocycles. The summed E-state index contributed by atoms with van der Waals surface area (Å²) in [6, 6.07) is 32.7. The van der Waals surface area contributed by atoms with E-state index in [1.165, 1.54) is 49.1 Å². The van der Waals surface area contributed by atoms with Gasteiger partial charge in [-0.1, -0.05) is 113 Å². The maximum atomic E-state index is 2.71. The van der Waals surface area contributed by atoms with Crippen LogP contribution >= 0.6 is 32.0 Å². The molecule has 4 unspecified atom stereocenters. The first-order valence-electron chi connectivity index (χ1n) is 12.1. The molecule has 2 fully saturated rings. The van der Waals surface area contributed by atoms with Gasteiger partial charge >= 0.3 is 0 Å². The van der Waals surface area contributed by atoms with Crippen molar-refractivity contribution in [1.29, 1.82) is 0 Å². The second-order valence-corrected chi connectivity index (χ2v) is 47.0. The summed E-state index contributed by atoms with van der Waals surface area (Å²) in [6.45, 7) is 10.4. The van der Waals surface area contributed by atoms with Gasteiger partial charge in [-0.25, -0.2) is 0 Å². The summed E-state index contributed by atoms with van der Waals surface area (Å²) in [5.74, 6) is 0. The topological polar surface area (TPSA) is 0 Å². The van der Waals surface area contributed by atoms with Crippen molar-refractivity contribution in [3.05, 3.63) is 60.7 Å². The van der Waals surface area contributed by atoms with Gasteiger partial charge < -0.3 is 0 Å². The second-order valence-electron chi connectivity index (χ2n) is 9.86. The first-order valence-corrected chi connectivity index (χ1v) is 29.1. The van der Waals surface area contributed by atoms with E-state index in [0.717, 1.165) is 0 Å². The standard InChI is InChI=1S/C24H38S3Si4/c1-5-28(3)19-13-21-30(25-28,23-15-9-7-10-16-23)27-31(24-17-11-8-12-18-24)22-14-20-29(4,6-2)26-31/h7-12,15-18H,5-6,13-14,19-22H2,1-4H3. The van der Waals surface area contributed by atoms with Gasteiger partial charge in [-0.05, 0) is 34.5 Å².